The summed E-state index contributed by atoms with van der Waals surface area (Å²) in [6.45, 7) is 4.79. The van der Waals surface area contributed by atoms with E-state index in [0.717, 1.165) is 58.7 Å². The number of benzene rings is 2. The summed E-state index contributed by atoms with van der Waals surface area (Å²) < 4.78 is 7.24. The summed E-state index contributed by atoms with van der Waals surface area (Å²) in [4.78, 5) is 31.9. The Labute approximate surface area is 293 Å². The molecule has 1 atom stereocenters. The number of fused-ring (bicyclic) bond motifs is 2. The number of aryl methyl sites for hydroxylation is 1. The van der Waals surface area contributed by atoms with E-state index in [2.05, 4.69) is 56.4 Å². The summed E-state index contributed by atoms with van der Waals surface area (Å²) in [5.74, 6) is 0.0740. The Morgan fingerprint density at radius 1 is 1.09 bits per heavy atom. The molecule has 0 bridgehead atoms. The Morgan fingerprint density at radius 2 is 1.84 bits per heavy atom. The van der Waals surface area contributed by atoms with Crippen molar-refractivity contribution in [3.05, 3.63) is 82.6 Å². The zero-order valence-electron chi connectivity index (χ0n) is 23.0. The Kier molecular flexibility index (Phi) is 11.0. The molecule has 6 rings (SSSR count). The molecule has 2 aromatic carbocycles. The second kappa shape index (κ2) is 14.3. The monoisotopic (exact) mass is 601 g/mol. The molecule has 2 aromatic heterocycles. The zero-order chi connectivity index (χ0) is 28.5. The number of hydrogen-bond donors (Lipinski definition) is 2. The number of esters is 1. The van der Waals surface area contributed by atoms with E-state index in [1.165, 1.54) is 4.90 Å². The molecule has 1 unspecified atom stereocenters. The van der Waals surface area contributed by atoms with Crippen LogP contribution in [0.15, 0.2) is 59.9 Å². The van der Waals surface area contributed by atoms with E-state index in [9.17, 15) is 14.7 Å². The van der Waals surface area contributed by atoms with Crippen molar-refractivity contribution >= 4 is 71.0 Å². The topological polar surface area (TPSA) is 139 Å². The number of imidazole rings is 1. The predicted molar refractivity (Wildman–Crippen MR) is 164 cm³/mol. The van der Waals surface area contributed by atoms with Crippen molar-refractivity contribution in [1.29, 1.82) is 0 Å². The Morgan fingerprint density at radius 3 is 2.51 bits per heavy atom. The van der Waals surface area contributed by atoms with Crippen LogP contribution in [0.3, 0.4) is 0 Å². The third kappa shape index (κ3) is 6.38. The second-order valence-electron chi connectivity index (χ2n) is 10.2. The van der Waals surface area contributed by atoms with Crippen LogP contribution in [0.5, 0.6) is 0 Å². The Bertz CT molecular complexity index is 1630. The van der Waals surface area contributed by atoms with E-state index in [1.54, 1.807) is 6.92 Å². The molecular weight excluding hydrogens is 568 g/mol. The fourth-order valence-corrected chi connectivity index (χ4v) is 5.68. The number of nitrogens with one attached hydrogen (secondary N) is 1. The maximum absolute atomic E-state index is 13.0. The van der Waals surface area contributed by atoms with E-state index >= 15 is 0 Å². The molecule has 0 saturated heterocycles. The van der Waals surface area contributed by atoms with Gasteiger partial charge in [-0.25, -0.2) is 14.9 Å². The van der Waals surface area contributed by atoms with Gasteiger partial charge in [0.2, 0.25) is 0 Å². The summed E-state index contributed by atoms with van der Waals surface area (Å²) >= 11 is 0. The van der Waals surface area contributed by atoms with Gasteiger partial charge in [0.15, 0.2) is 11.4 Å². The summed E-state index contributed by atoms with van der Waals surface area (Å²) in [5.41, 5.74) is 5.60. The summed E-state index contributed by atoms with van der Waals surface area (Å²) in [5, 5.41) is 25.2. The maximum atomic E-state index is 13.0. The molecule has 0 saturated carbocycles. The number of ether oxygens (including phenoxy) is 1. The van der Waals surface area contributed by atoms with E-state index in [4.69, 9.17) is 9.72 Å². The van der Waals surface area contributed by atoms with Gasteiger partial charge in [-0.2, -0.15) is 0 Å². The standard InChI is InChI=1S/C30H31N7O4.2Na.2H/c1-3-5-10-25-31-22-17-37-24(27(38)26(29(37)39)30(40)41-4-2)15-23(22)36(25)16-18-11-13-19(14-12-18)20-8-6-7-9-21(20)28-32-34-35-33-28;;;;/h6-9,11-14,24,38H,3-5,10,15-17H2,1-2H3,(H,32,33,34,35);;;;. The van der Waals surface area contributed by atoms with Gasteiger partial charge in [0.25, 0.3) is 5.91 Å². The van der Waals surface area contributed by atoms with Crippen LogP contribution in [0, 0.1) is 0 Å². The van der Waals surface area contributed by atoms with Crippen molar-refractivity contribution in [2.75, 3.05) is 6.61 Å². The fourth-order valence-electron chi connectivity index (χ4n) is 5.68. The first kappa shape index (κ1) is 33.1. The molecule has 2 aliphatic heterocycles. The summed E-state index contributed by atoms with van der Waals surface area (Å²) in [6, 6.07) is 15.7. The average molecular weight is 602 g/mol. The SMILES string of the molecule is CCCCc1nc2c(n1Cc1ccc(-c3ccccc3-c3nnn[nH]3)cc1)CC1C(O)=C(C(=O)OCC)C(=O)N1C2.[NaH].[NaH]. The fraction of sp³-hybridized carbons (Fsp3) is 0.333. The van der Waals surface area contributed by atoms with E-state index in [-0.39, 0.29) is 83.6 Å². The molecule has 0 radical (unpaired) electrons. The van der Waals surface area contributed by atoms with Crippen LogP contribution in [0.2, 0.25) is 0 Å². The second-order valence-corrected chi connectivity index (χ2v) is 10.2. The van der Waals surface area contributed by atoms with Crippen molar-refractivity contribution in [3.8, 4) is 22.5 Å². The van der Waals surface area contributed by atoms with Gasteiger partial charge in [-0.05, 0) is 40.5 Å². The summed E-state index contributed by atoms with van der Waals surface area (Å²) in [6.07, 6.45) is 3.22. The number of hydrogen-bond acceptors (Lipinski definition) is 8. The van der Waals surface area contributed by atoms with E-state index < -0.39 is 17.9 Å². The summed E-state index contributed by atoms with van der Waals surface area (Å²) in [7, 11) is 0. The van der Waals surface area contributed by atoms with Crippen LogP contribution in [0.25, 0.3) is 22.5 Å². The van der Waals surface area contributed by atoms with Crippen LogP contribution < -0.4 is 0 Å². The Balaban J connectivity index is 0.00000212. The first-order chi connectivity index (χ1) is 20.0. The number of aliphatic hydroxyl groups excluding tert-OH is 1. The number of aromatic nitrogens is 6. The number of H-pyrrole nitrogens is 1. The van der Waals surface area contributed by atoms with Gasteiger partial charge < -0.3 is 19.3 Å². The van der Waals surface area contributed by atoms with Crippen LogP contribution in [-0.4, -0.2) is 124 Å². The van der Waals surface area contributed by atoms with Gasteiger partial charge in [0, 0.05) is 30.6 Å². The number of amides is 1. The zero-order valence-corrected chi connectivity index (χ0v) is 23.0. The third-order valence-electron chi connectivity index (χ3n) is 7.73. The van der Waals surface area contributed by atoms with Crippen molar-refractivity contribution in [3.63, 3.8) is 0 Å². The Hall–Kier alpha value is -2.80. The van der Waals surface area contributed by atoms with Gasteiger partial charge in [0.05, 0.1) is 24.9 Å². The molecule has 1 amide bonds. The number of unbranched alkanes of at least 4 members (excludes halogenated alkanes) is 1. The normalized spacial score (nSPS) is 15.4. The quantitative estimate of drug-likeness (QED) is 0.170. The van der Waals surface area contributed by atoms with Gasteiger partial charge >= 0.3 is 65.1 Å². The molecular formula is C30H33N7Na2O4. The molecule has 11 nitrogen and oxygen atoms in total. The molecule has 4 heterocycles. The molecule has 13 heteroatoms. The van der Waals surface area contributed by atoms with Crippen LogP contribution in [0.1, 0.15) is 49.5 Å². The molecule has 0 fully saturated rings. The van der Waals surface area contributed by atoms with E-state index in [1.807, 2.05) is 24.3 Å². The third-order valence-corrected chi connectivity index (χ3v) is 7.73. The number of tetrazole rings is 1. The van der Waals surface area contributed by atoms with Gasteiger partial charge in [-0.1, -0.05) is 61.9 Å². The molecule has 0 aliphatic carbocycles. The van der Waals surface area contributed by atoms with Crippen molar-refractivity contribution < 1.29 is 19.4 Å². The van der Waals surface area contributed by atoms with Crippen molar-refractivity contribution in [1.82, 2.24) is 35.1 Å². The number of aromatic amines is 1. The van der Waals surface area contributed by atoms with Crippen LogP contribution >= 0.6 is 0 Å². The van der Waals surface area contributed by atoms with Gasteiger partial charge in [-0.15, -0.1) is 5.10 Å². The number of aliphatic hydroxyl groups is 1. The number of nitrogens with zero attached hydrogens (tertiary/aromatic N) is 6. The molecule has 4 aromatic rings. The molecule has 214 valence electrons. The van der Waals surface area contributed by atoms with E-state index in [0.29, 0.717) is 18.8 Å². The number of rotatable bonds is 9. The first-order valence-electron chi connectivity index (χ1n) is 13.9. The molecule has 43 heavy (non-hydrogen) atoms. The van der Waals surface area contributed by atoms with Crippen LogP contribution in [-0.2, 0) is 40.3 Å². The minimum absolute atomic E-state index is 0. The predicted octanol–water partition coefficient (Wildman–Crippen LogP) is 2.47. The first-order valence-corrected chi connectivity index (χ1v) is 13.9. The van der Waals surface area contributed by atoms with Gasteiger partial charge in [0.1, 0.15) is 11.6 Å². The van der Waals surface area contributed by atoms with Crippen molar-refractivity contribution in [2.45, 2.75) is 58.7 Å². The molecule has 2 aliphatic rings. The number of carbonyl (C=O) groups is 2. The molecule has 0 spiro atoms. The average Bonchev–Trinajstić information content (AvgIpc) is 3.69. The molecule has 2 N–H and O–H groups in total. The van der Waals surface area contributed by atoms with Crippen LogP contribution in [0.4, 0.5) is 0 Å². The van der Waals surface area contributed by atoms with Gasteiger partial charge in [-0.3, -0.25) is 4.79 Å². The number of carbonyl (C=O) groups excluding carboxylic acids is 2. The van der Waals surface area contributed by atoms with Crippen molar-refractivity contribution in [2.24, 2.45) is 0 Å². The minimum atomic E-state index is -0.783.